The van der Waals surface area contributed by atoms with Crippen LogP contribution in [0.25, 0.3) is 0 Å². The van der Waals surface area contributed by atoms with Crippen molar-refractivity contribution in [1.82, 2.24) is 0 Å². The molecule has 0 fully saturated rings. The van der Waals surface area contributed by atoms with Crippen LogP contribution in [0.2, 0.25) is 0 Å². The van der Waals surface area contributed by atoms with E-state index in [2.05, 4.69) is 301 Å². The fourth-order valence-electron chi connectivity index (χ4n) is 11.5. The van der Waals surface area contributed by atoms with E-state index < -0.39 is 26.1 Å². The Morgan fingerprint density at radius 1 is 0.206 bits per heavy atom. The molecule has 0 bridgehead atoms. The van der Waals surface area contributed by atoms with Gasteiger partial charge in [-0.15, -0.1) is 0 Å². The van der Waals surface area contributed by atoms with Gasteiger partial charge in [-0.25, -0.2) is 0 Å². The minimum absolute atomic E-state index is 1.37. The Hall–Kier alpha value is -4.49. The molecule has 0 saturated heterocycles. The van der Waals surface area contributed by atoms with E-state index in [9.17, 15) is 0 Å². The van der Waals surface area contributed by atoms with Crippen molar-refractivity contribution in [3.05, 3.63) is 268 Å². The normalized spacial score (nSPS) is 14.1. The third kappa shape index (κ3) is 7.31. The molecule has 0 amide bonds. The summed E-state index contributed by atoms with van der Waals surface area (Å²) in [5.74, 6) is -10.8. The van der Waals surface area contributed by atoms with Gasteiger partial charge in [0, 0.05) is 0 Å². The molecule has 5 heteroatoms. The fourth-order valence-corrected chi connectivity index (χ4v) is 105. The second-order valence-corrected chi connectivity index (χ2v) is 58.8. The van der Waals surface area contributed by atoms with Crippen LogP contribution >= 0.6 is 38.4 Å². The van der Waals surface area contributed by atoms with E-state index in [0.717, 1.165) is 0 Å². The summed E-state index contributed by atoms with van der Waals surface area (Å²) in [6, 6.07) is 87.3. The molecule has 68 heavy (non-hydrogen) atoms. The predicted octanol–water partition coefficient (Wildman–Crippen LogP) is 13.2. The third-order valence-corrected chi connectivity index (χ3v) is 84.0. The molecule has 9 aromatic carbocycles. The quantitative estimate of drug-likeness (QED) is 0.0845. The SMILES string of the molecule is Cc1ccccc1[PH](c1ccccc1C)(c1ccccc1C)[Co]([I])([PH](c1ccccc1C)(c1ccccc1C)c1ccccc1C)[PH](c1ccccc1C)(c1ccccc1C)c1ccccc1C. The molecular weight excluding hydrogens is 1040 g/mol. The predicted molar refractivity (Wildman–Crippen MR) is 316 cm³/mol. The standard InChI is InChI=1S/3C21H21P.Co.HI/c3*1-16-10-4-7-13-19(16)22(20-14-8-5-11-17(20)2)21-15-9-6-12-18(21)3;;/h3*4-15H,1-3H3;;1H/q;;;-2;/p+2. The van der Waals surface area contributed by atoms with Gasteiger partial charge in [-0.1, -0.05) is 0 Å². The molecule has 0 atom stereocenters. The fraction of sp³-hybridized carbons (Fsp3) is 0.143. The van der Waals surface area contributed by atoms with E-state index in [1.807, 2.05) is 0 Å². The van der Waals surface area contributed by atoms with Crippen LogP contribution in [-0.4, -0.2) is 0 Å². The maximum absolute atomic E-state index is 3.60. The van der Waals surface area contributed by atoms with Gasteiger partial charge in [0.2, 0.25) is 0 Å². The number of aryl methyl sites for hydroxylation is 9. The van der Waals surface area contributed by atoms with Crippen LogP contribution < -0.4 is 47.7 Å². The molecule has 349 valence electrons. The molecule has 0 N–H and O–H groups in total. The third-order valence-electron chi connectivity index (χ3n) is 14.6. The number of rotatable bonds is 12. The molecule has 0 saturated carbocycles. The van der Waals surface area contributed by atoms with Gasteiger partial charge in [-0.3, -0.25) is 0 Å². The maximum atomic E-state index is 3.50. The van der Waals surface area contributed by atoms with Crippen LogP contribution in [0, 0.1) is 62.3 Å². The van der Waals surface area contributed by atoms with E-state index in [1.165, 1.54) is 97.8 Å². The van der Waals surface area contributed by atoms with Gasteiger partial charge >= 0.3 is 425 Å². The first-order valence-electron chi connectivity index (χ1n) is 23.8. The van der Waals surface area contributed by atoms with Gasteiger partial charge in [-0.05, 0) is 0 Å². The van der Waals surface area contributed by atoms with Gasteiger partial charge in [0.15, 0.2) is 0 Å². The van der Waals surface area contributed by atoms with E-state index in [-0.39, 0.29) is 0 Å². The first-order valence-corrected chi connectivity index (χ1v) is 37.4. The Kier molecular flexibility index (Phi) is 14.1. The molecule has 0 radical (unpaired) electrons. The zero-order valence-corrected chi connectivity index (χ0v) is 47.2. The summed E-state index contributed by atoms with van der Waals surface area (Å²) in [7, 11) is -3.01. The molecule has 9 rings (SSSR count). The molecule has 9 aromatic rings. The average Bonchev–Trinajstić information content (AvgIpc) is 3.34. The number of hydrogen-bond acceptors (Lipinski definition) is 0. The molecule has 0 heterocycles. The van der Waals surface area contributed by atoms with Crippen LogP contribution in [0.4, 0.5) is 0 Å². The van der Waals surface area contributed by atoms with Crippen LogP contribution in [0.3, 0.4) is 0 Å². The molecule has 0 spiro atoms. The van der Waals surface area contributed by atoms with Gasteiger partial charge in [0.25, 0.3) is 0 Å². The number of halogens is 1. The molecular formula is C63H66CoIP3. The van der Waals surface area contributed by atoms with Crippen molar-refractivity contribution < 1.29 is 8.09 Å². The van der Waals surface area contributed by atoms with Gasteiger partial charge in [0.1, 0.15) is 0 Å². The zero-order chi connectivity index (χ0) is 47.8. The van der Waals surface area contributed by atoms with Crippen molar-refractivity contribution in [2.24, 2.45) is 0 Å². The van der Waals surface area contributed by atoms with Crippen LogP contribution in [-0.2, 0) is 8.09 Å². The first kappa shape index (κ1) is 48.5. The van der Waals surface area contributed by atoms with Gasteiger partial charge < -0.3 is 0 Å². The summed E-state index contributed by atoms with van der Waals surface area (Å²) in [6.45, 7) is 21.9. The van der Waals surface area contributed by atoms with Crippen molar-refractivity contribution in [2.75, 3.05) is 0 Å². The minimum atomic E-state index is -3.60. The monoisotopic (exact) mass is 1100 g/mol. The van der Waals surface area contributed by atoms with Crippen molar-refractivity contribution >= 4 is 86.1 Å². The van der Waals surface area contributed by atoms with Crippen LogP contribution in [0.5, 0.6) is 0 Å². The van der Waals surface area contributed by atoms with E-state index in [0.29, 0.717) is 0 Å². The second kappa shape index (κ2) is 19.7. The Morgan fingerprint density at radius 3 is 0.412 bits per heavy atom. The van der Waals surface area contributed by atoms with Crippen LogP contribution in [0.15, 0.2) is 218 Å². The van der Waals surface area contributed by atoms with Crippen molar-refractivity contribution in [2.45, 2.75) is 62.3 Å². The van der Waals surface area contributed by atoms with Crippen LogP contribution in [0.1, 0.15) is 50.1 Å². The van der Waals surface area contributed by atoms with Crippen molar-refractivity contribution in [1.29, 1.82) is 0 Å². The molecule has 0 aliphatic carbocycles. The van der Waals surface area contributed by atoms with Crippen molar-refractivity contribution in [3.8, 4) is 0 Å². The van der Waals surface area contributed by atoms with Crippen molar-refractivity contribution in [3.63, 3.8) is 0 Å². The summed E-state index contributed by atoms with van der Waals surface area (Å²) in [6.07, 6.45) is 0. The molecule has 0 aliphatic heterocycles. The summed E-state index contributed by atoms with van der Waals surface area (Å²) in [5.41, 5.74) is 12.3. The topological polar surface area (TPSA) is 0 Å². The van der Waals surface area contributed by atoms with Gasteiger partial charge in [-0.2, -0.15) is 0 Å². The molecule has 0 aliphatic rings. The zero-order valence-electron chi connectivity index (χ0n) is 41.0. The van der Waals surface area contributed by atoms with E-state index in [1.54, 1.807) is 0 Å². The summed E-state index contributed by atoms with van der Waals surface area (Å²) < 4.78 is 0. The Labute approximate surface area is 421 Å². The number of benzene rings is 9. The Bertz CT molecular complexity index is 2620. The Balaban J connectivity index is 1.84. The van der Waals surface area contributed by atoms with E-state index in [4.69, 9.17) is 0 Å². The first-order chi connectivity index (χ1) is 32.9. The molecule has 0 aromatic heterocycles. The number of hydrogen-bond donors (Lipinski definition) is 0. The average molecular weight is 1100 g/mol. The molecule has 0 nitrogen and oxygen atoms in total. The second-order valence-electron chi connectivity index (χ2n) is 18.6. The van der Waals surface area contributed by atoms with E-state index >= 15 is 0 Å². The summed E-state index contributed by atoms with van der Waals surface area (Å²) in [5, 5.41) is 13.8. The molecule has 0 unspecified atom stereocenters. The summed E-state index contributed by atoms with van der Waals surface area (Å²) in [4.78, 5) is 0. The summed E-state index contributed by atoms with van der Waals surface area (Å²) >= 11 is 3.50. The van der Waals surface area contributed by atoms with Gasteiger partial charge in [0.05, 0.1) is 0 Å². The Morgan fingerprint density at radius 2 is 0.309 bits per heavy atom.